The summed E-state index contributed by atoms with van der Waals surface area (Å²) in [7, 11) is 0. The van der Waals surface area contributed by atoms with Crippen molar-refractivity contribution in [3.63, 3.8) is 0 Å². The summed E-state index contributed by atoms with van der Waals surface area (Å²) in [5.41, 5.74) is 0. The van der Waals surface area contributed by atoms with E-state index in [-0.39, 0.29) is 65.7 Å². The molecule has 0 saturated carbocycles. The van der Waals surface area contributed by atoms with Crippen LogP contribution in [0.2, 0.25) is 0 Å². The Hall–Kier alpha value is 1.90. The summed E-state index contributed by atoms with van der Waals surface area (Å²) >= 11 is 0. The molecule has 0 aliphatic heterocycles. The molecule has 0 saturated heterocycles. The van der Waals surface area contributed by atoms with Gasteiger partial charge in [-0.25, -0.2) is 0 Å². The molecule has 0 amide bonds. The van der Waals surface area contributed by atoms with Gasteiger partial charge in [0.15, 0.2) is 0 Å². The summed E-state index contributed by atoms with van der Waals surface area (Å²) in [6.07, 6.45) is 0. The number of halogens is 2. The first-order chi connectivity index (χ1) is 0. The van der Waals surface area contributed by atoms with Crippen LogP contribution < -0.4 is 0 Å². The van der Waals surface area contributed by atoms with Gasteiger partial charge in [0.1, 0.15) is 0 Å². The van der Waals surface area contributed by atoms with Gasteiger partial charge in [-0.3, -0.25) is 0 Å². The predicted octanol–water partition coefficient (Wildman–Crippen LogP) is 0.839. The van der Waals surface area contributed by atoms with Crippen molar-refractivity contribution in [3.05, 3.63) is 0 Å². The third-order valence-corrected chi connectivity index (χ3v) is 0. The van der Waals surface area contributed by atoms with Gasteiger partial charge in [-0.15, -0.1) is 24.8 Å². The second kappa shape index (κ2) is 20.6. The van der Waals surface area contributed by atoms with Crippen LogP contribution in [-0.2, 0) is 40.8 Å². The van der Waals surface area contributed by atoms with E-state index in [4.69, 9.17) is 0 Å². The van der Waals surface area contributed by atoms with E-state index in [2.05, 4.69) is 0 Å². The quantitative estimate of drug-likeness (QED) is 0.579. The first kappa shape index (κ1) is 39.2. The minimum Gasteiger partial charge on any atom is -0.147 e. The zero-order valence-electron chi connectivity index (χ0n) is 1.45. The first-order valence-corrected chi connectivity index (χ1v) is 0. The topological polar surface area (TPSA) is 0 Å². The Morgan fingerprint density at radius 2 is 0.500 bits per heavy atom. The summed E-state index contributed by atoms with van der Waals surface area (Å²) in [6.45, 7) is 0. The molecular weight excluding hydrogens is 284 g/mol. The molecule has 4 heavy (non-hydrogen) atoms. The van der Waals surface area contributed by atoms with Gasteiger partial charge in [-0.2, -0.15) is 0 Å². The summed E-state index contributed by atoms with van der Waals surface area (Å²) < 4.78 is 0. The van der Waals surface area contributed by atoms with Crippen molar-refractivity contribution in [1.29, 1.82) is 0 Å². The second-order valence-corrected chi connectivity index (χ2v) is 0. The molecule has 0 N–H and O–H groups in total. The van der Waals surface area contributed by atoms with Crippen molar-refractivity contribution < 1.29 is 40.8 Å². The van der Waals surface area contributed by atoms with Gasteiger partial charge >= 0.3 is 0 Å². The Morgan fingerprint density at radius 1 is 0.500 bits per heavy atom. The van der Waals surface area contributed by atoms with Crippen molar-refractivity contribution in [1.82, 2.24) is 0 Å². The molecule has 0 aromatic rings. The van der Waals surface area contributed by atoms with E-state index in [1.807, 2.05) is 0 Å². The van der Waals surface area contributed by atoms with Gasteiger partial charge in [0.2, 0.25) is 0 Å². The van der Waals surface area contributed by atoms with Crippen LogP contribution in [0, 0.1) is 0 Å². The number of rotatable bonds is 0. The van der Waals surface area contributed by atoms with E-state index in [0.29, 0.717) is 0 Å². The minimum absolute atomic E-state index is 0. The molecule has 0 heterocycles. The third kappa shape index (κ3) is 9.08. The van der Waals surface area contributed by atoms with E-state index >= 15 is 0 Å². The average Bonchev–Trinajstić information content (AvgIpc) is 0. The van der Waals surface area contributed by atoms with Gasteiger partial charge in [-0.05, 0) is 0 Å². The molecule has 0 aliphatic carbocycles. The maximum absolute atomic E-state index is 0. The first-order valence-electron chi connectivity index (χ1n) is 0. The monoisotopic (exact) mass is 284 g/mol. The van der Waals surface area contributed by atoms with Crippen LogP contribution in [0.15, 0.2) is 0 Å². The smallest absolute Gasteiger partial charge is 0 e. The number of hydrogen-bond acceptors (Lipinski definition) is 0. The van der Waals surface area contributed by atoms with Crippen molar-refractivity contribution in [2.45, 2.75) is 0 Å². The Morgan fingerprint density at radius 3 is 0.500 bits per heavy atom. The molecule has 0 spiro atoms. The van der Waals surface area contributed by atoms with Crippen LogP contribution in [-0.4, -0.2) is 0 Å². The van der Waals surface area contributed by atoms with Gasteiger partial charge in [-0.1, -0.05) is 0 Å². The number of hydrogen-bond donors (Lipinski definition) is 0. The zero-order chi connectivity index (χ0) is 0. The van der Waals surface area contributed by atoms with Gasteiger partial charge in [0.05, 0.1) is 0 Å². The molecule has 0 fully saturated rings. The molecule has 0 aromatic carbocycles. The Kier molecular flexibility index (Phi) is 202. The molecule has 0 aromatic heterocycles. The molecule has 0 nitrogen and oxygen atoms in total. The van der Waals surface area contributed by atoms with Gasteiger partial charge < -0.3 is 0 Å². The van der Waals surface area contributed by atoms with E-state index < -0.39 is 0 Å². The maximum Gasteiger partial charge on any atom is 0 e. The molecule has 0 aliphatic rings. The van der Waals surface area contributed by atoms with Gasteiger partial charge in [0, 0.05) is 40.8 Å². The summed E-state index contributed by atoms with van der Waals surface area (Å²) in [6, 6.07) is 0. The SMILES string of the molecule is Cl.Cl.[Pd].[Pd]. The normalized spacial score (nSPS) is 0. The van der Waals surface area contributed by atoms with Gasteiger partial charge in [0.25, 0.3) is 0 Å². The fraction of sp³-hybridized carbons (Fsp3) is 0. The Labute approximate surface area is 65.2 Å². The second-order valence-electron chi connectivity index (χ2n) is 0. The molecular formula is H2Cl2Pd2. The maximum atomic E-state index is 0. The van der Waals surface area contributed by atoms with Crippen molar-refractivity contribution in [2.75, 3.05) is 0 Å². The largest absolute Gasteiger partial charge is 0.147 e. The van der Waals surface area contributed by atoms with Crippen LogP contribution in [0.4, 0.5) is 0 Å². The van der Waals surface area contributed by atoms with Crippen LogP contribution >= 0.6 is 24.8 Å². The van der Waals surface area contributed by atoms with E-state index in [1.54, 1.807) is 0 Å². The molecule has 0 unspecified atom stereocenters. The van der Waals surface area contributed by atoms with Crippen LogP contribution in [0.5, 0.6) is 0 Å². The minimum atomic E-state index is 0. The fourth-order valence-corrected chi connectivity index (χ4v) is 0. The molecule has 36 valence electrons. The zero-order valence-corrected chi connectivity index (χ0v) is 6.19. The summed E-state index contributed by atoms with van der Waals surface area (Å²) in [5.74, 6) is 0. The van der Waals surface area contributed by atoms with Crippen molar-refractivity contribution in [3.8, 4) is 0 Å². The van der Waals surface area contributed by atoms with Crippen LogP contribution in [0.3, 0.4) is 0 Å². The average molecular weight is 286 g/mol. The molecule has 0 rings (SSSR count). The van der Waals surface area contributed by atoms with E-state index in [1.165, 1.54) is 0 Å². The van der Waals surface area contributed by atoms with Crippen LogP contribution in [0.1, 0.15) is 0 Å². The molecule has 0 atom stereocenters. The third-order valence-electron chi connectivity index (χ3n) is 0. The summed E-state index contributed by atoms with van der Waals surface area (Å²) in [5, 5.41) is 0. The van der Waals surface area contributed by atoms with E-state index in [9.17, 15) is 0 Å². The molecule has 0 bridgehead atoms. The van der Waals surface area contributed by atoms with Crippen molar-refractivity contribution >= 4 is 24.8 Å². The molecule has 0 radical (unpaired) electrons. The van der Waals surface area contributed by atoms with Crippen LogP contribution in [0.25, 0.3) is 0 Å². The predicted molar refractivity (Wildman–Crippen MR) is 14.5 cm³/mol. The molecule has 4 heteroatoms. The summed E-state index contributed by atoms with van der Waals surface area (Å²) in [4.78, 5) is 0. The van der Waals surface area contributed by atoms with E-state index in [0.717, 1.165) is 0 Å². The fourth-order valence-electron chi connectivity index (χ4n) is 0. The Balaban J connectivity index is 0. The van der Waals surface area contributed by atoms with Crippen molar-refractivity contribution in [2.24, 2.45) is 0 Å². The standard InChI is InChI=1S/2ClH.2Pd/h2*1H;;. The Bertz CT molecular complexity index is 4.00.